The van der Waals surface area contributed by atoms with E-state index in [-0.39, 0.29) is 23.6 Å². The summed E-state index contributed by atoms with van der Waals surface area (Å²) < 4.78 is 6.22. The molecule has 0 saturated heterocycles. The van der Waals surface area contributed by atoms with Crippen LogP contribution in [0.15, 0.2) is 6.07 Å². The standard InChI is InChI=1S/C18H28N2O2/c1-7-15(19)13-8-14-16(20-12(4)21)9-18(5,6)22-17(14)11(3)10(13)2/h8,15-16H,7,9,19H2,1-6H3,(H,20,21). The zero-order valence-electron chi connectivity index (χ0n) is 14.5. The second-order valence-corrected chi connectivity index (χ2v) is 6.97. The van der Waals surface area contributed by atoms with Crippen LogP contribution in [0.1, 0.15) is 74.9 Å². The second kappa shape index (κ2) is 5.92. The molecule has 0 spiro atoms. The Morgan fingerprint density at radius 1 is 1.45 bits per heavy atom. The number of fused-ring (bicyclic) bond motifs is 1. The Morgan fingerprint density at radius 2 is 2.09 bits per heavy atom. The van der Waals surface area contributed by atoms with Crippen molar-refractivity contribution in [2.45, 2.75) is 72.1 Å². The molecule has 2 rings (SSSR count). The van der Waals surface area contributed by atoms with Crippen molar-refractivity contribution < 1.29 is 9.53 Å². The molecular weight excluding hydrogens is 276 g/mol. The Bertz CT molecular complexity index is 593. The minimum absolute atomic E-state index is 0.0110. The van der Waals surface area contributed by atoms with Crippen molar-refractivity contribution in [3.05, 3.63) is 28.3 Å². The largest absolute Gasteiger partial charge is 0.487 e. The summed E-state index contributed by atoms with van der Waals surface area (Å²) in [6, 6.07) is 2.11. The van der Waals surface area contributed by atoms with Gasteiger partial charge in [-0.05, 0) is 56.9 Å². The predicted molar refractivity (Wildman–Crippen MR) is 89.0 cm³/mol. The highest BCUT2D eigenvalue weighted by Gasteiger charge is 2.36. The first-order chi connectivity index (χ1) is 10.2. The number of hydrogen-bond donors (Lipinski definition) is 2. The molecule has 0 aliphatic carbocycles. The van der Waals surface area contributed by atoms with E-state index in [4.69, 9.17) is 10.5 Å². The zero-order valence-corrected chi connectivity index (χ0v) is 14.5. The summed E-state index contributed by atoms with van der Waals surface area (Å²) in [4.78, 5) is 11.6. The van der Waals surface area contributed by atoms with Crippen molar-refractivity contribution in [2.24, 2.45) is 5.73 Å². The Kier molecular flexibility index (Phi) is 4.52. The van der Waals surface area contributed by atoms with E-state index in [0.29, 0.717) is 0 Å². The minimum Gasteiger partial charge on any atom is -0.487 e. The molecule has 3 N–H and O–H groups in total. The van der Waals surface area contributed by atoms with Crippen LogP contribution in [0.4, 0.5) is 0 Å². The van der Waals surface area contributed by atoms with Gasteiger partial charge in [-0.25, -0.2) is 0 Å². The highest BCUT2D eigenvalue weighted by Crippen LogP contribution is 2.44. The average molecular weight is 304 g/mol. The summed E-state index contributed by atoms with van der Waals surface area (Å²) >= 11 is 0. The van der Waals surface area contributed by atoms with E-state index < -0.39 is 0 Å². The predicted octanol–water partition coefficient (Wildman–Crippen LogP) is 3.45. The molecule has 0 radical (unpaired) electrons. The summed E-state index contributed by atoms with van der Waals surface area (Å²) in [5.74, 6) is 0.882. The van der Waals surface area contributed by atoms with Gasteiger partial charge in [0.05, 0.1) is 6.04 Å². The Labute approximate surface area is 133 Å². The average Bonchev–Trinajstić information content (AvgIpc) is 2.41. The monoisotopic (exact) mass is 304 g/mol. The minimum atomic E-state index is -0.300. The maximum absolute atomic E-state index is 11.6. The van der Waals surface area contributed by atoms with Crippen molar-refractivity contribution in [3.8, 4) is 5.75 Å². The van der Waals surface area contributed by atoms with Crippen LogP contribution in [-0.4, -0.2) is 11.5 Å². The summed E-state index contributed by atoms with van der Waals surface area (Å²) in [5.41, 5.74) is 10.5. The number of rotatable bonds is 3. The highest BCUT2D eigenvalue weighted by molar-refractivity contribution is 5.74. The van der Waals surface area contributed by atoms with Gasteiger partial charge >= 0.3 is 0 Å². The molecule has 4 heteroatoms. The first-order valence-corrected chi connectivity index (χ1v) is 8.02. The number of amides is 1. The van der Waals surface area contributed by atoms with Crippen LogP contribution in [0.25, 0.3) is 0 Å². The van der Waals surface area contributed by atoms with Crippen LogP contribution in [0.3, 0.4) is 0 Å². The number of nitrogens with two attached hydrogens (primary N) is 1. The second-order valence-electron chi connectivity index (χ2n) is 6.97. The maximum Gasteiger partial charge on any atom is 0.217 e. The molecule has 122 valence electrons. The lowest BCUT2D eigenvalue weighted by atomic mass is 9.84. The Hall–Kier alpha value is -1.55. The van der Waals surface area contributed by atoms with Crippen LogP contribution in [-0.2, 0) is 4.79 Å². The molecule has 2 unspecified atom stereocenters. The van der Waals surface area contributed by atoms with Gasteiger partial charge in [-0.1, -0.05) is 6.92 Å². The molecule has 1 aromatic carbocycles. The molecule has 4 nitrogen and oxygen atoms in total. The number of carbonyl (C=O) groups excluding carboxylic acids is 1. The molecule has 0 bridgehead atoms. The van der Waals surface area contributed by atoms with E-state index in [1.165, 1.54) is 5.56 Å². The van der Waals surface area contributed by atoms with E-state index in [1.54, 1.807) is 6.92 Å². The topological polar surface area (TPSA) is 64.3 Å². The van der Waals surface area contributed by atoms with Gasteiger partial charge < -0.3 is 15.8 Å². The van der Waals surface area contributed by atoms with Crippen LogP contribution in [0, 0.1) is 13.8 Å². The van der Waals surface area contributed by atoms with Crippen molar-refractivity contribution in [1.82, 2.24) is 5.32 Å². The third kappa shape index (κ3) is 3.12. The van der Waals surface area contributed by atoms with Gasteiger partial charge in [0.25, 0.3) is 0 Å². The normalized spacial score (nSPS) is 20.8. The fourth-order valence-corrected chi connectivity index (χ4v) is 3.24. The molecule has 1 aliphatic heterocycles. The van der Waals surface area contributed by atoms with Crippen molar-refractivity contribution in [2.75, 3.05) is 0 Å². The van der Waals surface area contributed by atoms with Gasteiger partial charge in [0.1, 0.15) is 11.4 Å². The molecule has 0 saturated carbocycles. The Morgan fingerprint density at radius 3 is 2.64 bits per heavy atom. The van der Waals surface area contributed by atoms with Gasteiger partial charge in [0.2, 0.25) is 5.91 Å². The lowest BCUT2D eigenvalue weighted by Crippen LogP contribution is -2.41. The quantitative estimate of drug-likeness (QED) is 0.899. The number of nitrogens with one attached hydrogen (secondary N) is 1. The molecule has 0 aromatic heterocycles. The fourth-order valence-electron chi connectivity index (χ4n) is 3.24. The van der Waals surface area contributed by atoms with Gasteiger partial charge in [-0.3, -0.25) is 4.79 Å². The molecule has 22 heavy (non-hydrogen) atoms. The Balaban J connectivity index is 2.60. The summed E-state index contributed by atoms with van der Waals surface area (Å²) in [6.07, 6.45) is 1.64. The van der Waals surface area contributed by atoms with Crippen LogP contribution < -0.4 is 15.8 Å². The summed E-state index contributed by atoms with van der Waals surface area (Å²) in [7, 11) is 0. The van der Waals surface area contributed by atoms with E-state index >= 15 is 0 Å². The lowest BCUT2D eigenvalue weighted by molar-refractivity contribution is -0.120. The smallest absolute Gasteiger partial charge is 0.217 e. The van der Waals surface area contributed by atoms with E-state index in [9.17, 15) is 4.79 Å². The zero-order chi connectivity index (χ0) is 16.7. The third-order valence-electron chi connectivity index (χ3n) is 4.58. The summed E-state index contributed by atoms with van der Waals surface area (Å²) in [6.45, 7) is 11.9. The third-order valence-corrected chi connectivity index (χ3v) is 4.58. The molecule has 1 heterocycles. The van der Waals surface area contributed by atoms with E-state index in [0.717, 1.165) is 35.3 Å². The van der Waals surface area contributed by atoms with Crippen molar-refractivity contribution in [3.63, 3.8) is 0 Å². The SMILES string of the molecule is CCC(N)c1cc2c(c(C)c1C)OC(C)(C)CC2NC(C)=O. The molecule has 0 fully saturated rings. The lowest BCUT2D eigenvalue weighted by Gasteiger charge is -2.39. The van der Waals surface area contributed by atoms with Gasteiger partial charge in [0, 0.05) is 24.9 Å². The first-order valence-electron chi connectivity index (χ1n) is 8.02. The fraction of sp³-hybridized carbons (Fsp3) is 0.611. The van der Waals surface area contributed by atoms with Crippen LogP contribution >= 0.6 is 0 Å². The molecule has 1 amide bonds. The molecular formula is C18H28N2O2. The number of ether oxygens (including phenoxy) is 1. The van der Waals surface area contributed by atoms with Crippen LogP contribution in [0.5, 0.6) is 5.75 Å². The van der Waals surface area contributed by atoms with Gasteiger partial charge in [-0.2, -0.15) is 0 Å². The van der Waals surface area contributed by atoms with E-state index in [2.05, 4.69) is 46.0 Å². The number of benzene rings is 1. The molecule has 1 aromatic rings. The van der Waals surface area contributed by atoms with Gasteiger partial charge in [-0.15, -0.1) is 0 Å². The first kappa shape index (κ1) is 16.8. The molecule has 1 aliphatic rings. The van der Waals surface area contributed by atoms with Gasteiger partial charge in [0.15, 0.2) is 0 Å². The molecule has 2 atom stereocenters. The van der Waals surface area contributed by atoms with Crippen molar-refractivity contribution in [1.29, 1.82) is 0 Å². The highest BCUT2D eigenvalue weighted by atomic mass is 16.5. The van der Waals surface area contributed by atoms with Crippen LogP contribution in [0.2, 0.25) is 0 Å². The maximum atomic E-state index is 11.6. The van der Waals surface area contributed by atoms with Crippen molar-refractivity contribution >= 4 is 5.91 Å². The summed E-state index contributed by atoms with van der Waals surface area (Å²) in [5, 5.41) is 3.06. The number of carbonyl (C=O) groups is 1. The number of hydrogen-bond acceptors (Lipinski definition) is 3. The van der Waals surface area contributed by atoms with E-state index in [1.807, 2.05) is 0 Å².